The molecule has 0 unspecified atom stereocenters. The van der Waals surface area contributed by atoms with Crippen LogP contribution in [0.1, 0.15) is 42.9 Å². The summed E-state index contributed by atoms with van der Waals surface area (Å²) in [5.41, 5.74) is 2.18. The number of carbonyl (C=O) groups excluding carboxylic acids is 1. The first kappa shape index (κ1) is 15.5. The third kappa shape index (κ3) is 3.42. The Morgan fingerprint density at radius 3 is 2.43 bits per heavy atom. The Labute approximate surface area is 128 Å². The smallest absolute Gasteiger partial charge is 0.353 e. The number of benzene rings is 1. The molecule has 0 bridgehead atoms. The third-order valence-corrected chi connectivity index (χ3v) is 4.14. The first-order chi connectivity index (χ1) is 9.82. The van der Waals surface area contributed by atoms with Gasteiger partial charge in [-0.05, 0) is 17.9 Å². The van der Waals surface area contributed by atoms with Crippen LogP contribution in [0.4, 0.5) is 0 Å². The van der Waals surface area contributed by atoms with E-state index in [1.165, 1.54) is 5.56 Å². The van der Waals surface area contributed by atoms with Crippen LogP contribution in [0.25, 0.3) is 10.6 Å². The highest BCUT2D eigenvalue weighted by Crippen LogP contribution is 2.33. The van der Waals surface area contributed by atoms with Gasteiger partial charge < -0.3 is 9.84 Å². The van der Waals surface area contributed by atoms with E-state index in [0.717, 1.165) is 16.9 Å². The monoisotopic (exact) mass is 305 g/mol. The molecule has 0 aliphatic heterocycles. The molecule has 0 saturated carbocycles. The van der Waals surface area contributed by atoms with Gasteiger partial charge in [0.1, 0.15) is 5.01 Å². The molecule has 0 aliphatic carbocycles. The maximum absolute atomic E-state index is 11.7. The fourth-order valence-corrected chi connectivity index (χ4v) is 2.74. The summed E-state index contributed by atoms with van der Waals surface area (Å²) < 4.78 is 4.89. The molecule has 1 aromatic carbocycles. The molecule has 1 aromatic heterocycles. The quantitative estimate of drug-likeness (QED) is 0.871. The van der Waals surface area contributed by atoms with Gasteiger partial charge in [-0.1, -0.05) is 45.0 Å². The SMILES string of the molecule is CCOC(=O)c1sc(-c2ccc(C(C)(C)C)cc2)nc1O. The molecule has 1 N–H and O–H groups in total. The lowest BCUT2D eigenvalue weighted by molar-refractivity contribution is 0.0528. The second-order valence-corrected chi connectivity index (χ2v) is 6.72. The van der Waals surface area contributed by atoms with Gasteiger partial charge in [-0.2, -0.15) is 0 Å². The van der Waals surface area contributed by atoms with Gasteiger partial charge in [0.15, 0.2) is 4.88 Å². The number of carbonyl (C=O) groups is 1. The normalized spacial score (nSPS) is 11.4. The van der Waals surface area contributed by atoms with Gasteiger partial charge in [-0.15, -0.1) is 11.3 Å². The van der Waals surface area contributed by atoms with Crippen molar-refractivity contribution in [1.29, 1.82) is 0 Å². The molecule has 0 spiro atoms. The molecular formula is C16H19NO3S. The summed E-state index contributed by atoms with van der Waals surface area (Å²) in [7, 11) is 0. The maximum Gasteiger partial charge on any atom is 0.353 e. The minimum absolute atomic E-state index is 0.0830. The summed E-state index contributed by atoms with van der Waals surface area (Å²) in [5.74, 6) is -0.807. The van der Waals surface area contributed by atoms with E-state index in [1.54, 1.807) is 6.92 Å². The Morgan fingerprint density at radius 1 is 1.29 bits per heavy atom. The predicted octanol–water partition coefficient (Wildman–Crippen LogP) is 3.99. The van der Waals surface area contributed by atoms with Crippen LogP contribution in [0.2, 0.25) is 0 Å². The number of hydrogen-bond acceptors (Lipinski definition) is 5. The van der Waals surface area contributed by atoms with Gasteiger partial charge in [0, 0.05) is 5.56 Å². The van der Waals surface area contributed by atoms with Crippen molar-refractivity contribution in [3.8, 4) is 16.5 Å². The lowest BCUT2D eigenvalue weighted by Crippen LogP contribution is -2.10. The molecule has 4 nitrogen and oxygen atoms in total. The van der Waals surface area contributed by atoms with Crippen LogP contribution < -0.4 is 0 Å². The first-order valence-electron chi connectivity index (χ1n) is 6.80. The largest absolute Gasteiger partial charge is 0.492 e. The van der Waals surface area contributed by atoms with E-state index in [9.17, 15) is 9.90 Å². The van der Waals surface area contributed by atoms with Crippen molar-refractivity contribution in [2.24, 2.45) is 0 Å². The minimum atomic E-state index is -0.537. The number of rotatable bonds is 3. The van der Waals surface area contributed by atoms with Gasteiger partial charge in [-0.25, -0.2) is 9.78 Å². The number of ether oxygens (including phenoxy) is 1. The van der Waals surface area contributed by atoms with Crippen LogP contribution in [-0.2, 0) is 10.2 Å². The number of aromatic hydroxyl groups is 1. The highest BCUT2D eigenvalue weighted by Gasteiger charge is 2.20. The van der Waals surface area contributed by atoms with Crippen LogP contribution in [-0.4, -0.2) is 22.7 Å². The Bertz CT molecular complexity index is 639. The Morgan fingerprint density at radius 2 is 1.90 bits per heavy atom. The summed E-state index contributed by atoms with van der Waals surface area (Å²) in [4.78, 5) is 15.9. The summed E-state index contributed by atoms with van der Waals surface area (Å²) in [6, 6.07) is 7.98. The van der Waals surface area contributed by atoms with Gasteiger partial charge in [-0.3, -0.25) is 0 Å². The van der Waals surface area contributed by atoms with Crippen molar-refractivity contribution >= 4 is 17.3 Å². The van der Waals surface area contributed by atoms with E-state index in [2.05, 4.69) is 25.8 Å². The zero-order valence-electron chi connectivity index (χ0n) is 12.6. The summed E-state index contributed by atoms with van der Waals surface area (Å²) in [6.45, 7) is 8.44. The number of thiazole rings is 1. The molecule has 0 saturated heterocycles. The number of hydrogen-bond donors (Lipinski definition) is 1. The summed E-state index contributed by atoms with van der Waals surface area (Å²) in [6.07, 6.45) is 0. The zero-order chi connectivity index (χ0) is 15.6. The fourth-order valence-electron chi connectivity index (χ4n) is 1.88. The zero-order valence-corrected chi connectivity index (χ0v) is 13.5. The van der Waals surface area contributed by atoms with E-state index in [1.807, 2.05) is 24.3 Å². The maximum atomic E-state index is 11.7. The van der Waals surface area contributed by atoms with E-state index in [4.69, 9.17) is 4.74 Å². The van der Waals surface area contributed by atoms with Crippen LogP contribution in [0.3, 0.4) is 0 Å². The van der Waals surface area contributed by atoms with Gasteiger partial charge in [0.25, 0.3) is 0 Å². The Kier molecular flexibility index (Phi) is 4.32. The molecule has 112 valence electrons. The van der Waals surface area contributed by atoms with Crippen molar-refractivity contribution in [1.82, 2.24) is 4.98 Å². The molecule has 0 atom stereocenters. The topological polar surface area (TPSA) is 59.4 Å². The fraction of sp³-hybridized carbons (Fsp3) is 0.375. The molecule has 2 aromatic rings. The lowest BCUT2D eigenvalue weighted by Gasteiger charge is -2.18. The summed E-state index contributed by atoms with van der Waals surface area (Å²) in [5, 5.41) is 10.4. The third-order valence-electron chi connectivity index (χ3n) is 3.07. The highest BCUT2D eigenvalue weighted by molar-refractivity contribution is 7.17. The molecule has 0 radical (unpaired) electrons. The molecule has 0 aliphatic rings. The van der Waals surface area contributed by atoms with Crippen LogP contribution in [0.15, 0.2) is 24.3 Å². The van der Waals surface area contributed by atoms with E-state index in [0.29, 0.717) is 5.01 Å². The molecule has 0 amide bonds. The number of aromatic nitrogens is 1. The average molecular weight is 305 g/mol. The predicted molar refractivity (Wildman–Crippen MR) is 83.9 cm³/mol. The highest BCUT2D eigenvalue weighted by atomic mass is 32.1. The van der Waals surface area contributed by atoms with E-state index >= 15 is 0 Å². The molecule has 2 rings (SSSR count). The Balaban J connectivity index is 2.31. The second kappa shape index (κ2) is 5.85. The van der Waals surface area contributed by atoms with Crippen molar-refractivity contribution in [3.63, 3.8) is 0 Å². The van der Waals surface area contributed by atoms with E-state index in [-0.39, 0.29) is 22.8 Å². The van der Waals surface area contributed by atoms with Gasteiger partial charge >= 0.3 is 5.97 Å². The first-order valence-corrected chi connectivity index (χ1v) is 7.62. The average Bonchev–Trinajstić information content (AvgIpc) is 2.80. The van der Waals surface area contributed by atoms with Crippen molar-refractivity contribution in [3.05, 3.63) is 34.7 Å². The standard InChI is InChI=1S/C16H19NO3S/c1-5-20-15(19)12-13(18)17-14(21-12)10-6-8-11(9-7-10)16(2,3)4/h6-9,18H,5H2,1-4H3. The lowest BCUT2D eigenvalue weighted by atomic mass is 9.87. The molecule has 5 heteroatoms. The van der Waals surface area contributed by atoms with Crippen molar-refractivity contribution in [2.45, 2.75) is 33.1 Å². The van der Waals surface area contributed by atoms with Crippen LogP contribution in [0.5, 0.6) is 5.88 Å². The number of esters is 1. The molecule has 0 fully saturated rings. The van der Waals surface area contributed by atoms with Crippen LogP contribution >= 0.6 is 11.3 Å². The second-order valence-electron chi connectivity index (χ2n) is 5.72. The van der Waals surface area contributed by atoms with Crippen LogP contribution in [0, 0.1) is 0 Å². The van der Waals surface area contributed by atoms with Crippen molar-refractivity contribution in [2.75, 3.05) is 6.61 Å². The van der Waals surface area contributed by atoms with E-state index < -0.39 is 5.97 Å². The molecular weight excluding hydrogens is 286 g/mol. The minimum Gasteiger partial charge on any atom is -0.492 e. The van der Waals surface area contributed by atoms with Crippen molar-refractivity contribution < 1.29 is 14.6 Å². The number of nitrogens with zero attached hydrogens (tertiary/aromatic N) is 1. The van der Waals surface area contributed by atoms with Gasteiger partial charge in [0.05, 0.1) is 6.61 Å². The molecule has 1 heterocycles. The molecule has 21 heavy (non-hydrogen) atoms. The van der Waals surface area contributed by atoms with Gasteiger partial charge in [0.2, 0.25) is 5.88 Å². The Hall–Kier alpha value is -1.88. The summed E-state index contributed by atoms with van der Waals surface area (Å²) >= 11 is 1.14.